The maximum Gasteiger partial charge on any atom is 0.341 e. The van der Waals surface area contributed by atoms with E-state index >= 15 is 0 Å². The number of halogens is 1. The van der Waals surface area contributed by atoms with Gasteiger partial charge in [0.1, 0.15) is 0 Å². The van der Waals surface area contributed by atoms with E-state index in [-0.39, 0.29) is 0 Å². The van der Waals surface area contributed by atoms with Gasteiger partial charge in [0.15, 0.2) is 0 Å². The standard InChI is InChI=1S/C14H13ClO3/c1-18-14(13(16)17)8-7-11(9-12(14)15)10-5-3-2-4-6-10/h2-9,12H,1H3,(H,16,17). The number of carboxylic acids is 1. The zero-order valence-electron chi connectivity index (χ0n) is 9.84. The summed E-state index contributed by atoms with van der Waals surface area (Å²) in [6.45, 7) is 0. The fraction of sp³-hybridized carbons (Fsp3) is 0.214. The molecule has 2 rings (SSSR count). The van der Waals surface area contributed by atoms with E-state index in [4.69, 9.17) is 16.3 Å². The van der Waals surface area contributed by atoms with Crippen molar-refractivity contribution in [2.75, 3.05) is 7.11 Å². The van der Waals surface area contributed by atoms with E-state index < -0.39 is 16.9 Å². The van der Waals surface area contributed by atoms with Crippen LogP contribution in [-0.4, -0.2) is 29.2 Å². The van der Waals surface area contributed by atoms with Gasteiger partial charge >= 0.3 is 5.97 Å². The molecular weight excluding hydrogens is 252 g/mol. The predicted octanol–water partition coefficient (Wildman–Crippen LogP) is 2.72. The van der Waals surface area contributed by atoms with E-state index in [9.17, 15) is 9.90 Å². The lowest BCUT2D eigenvalue weighted by Crippen LogP contribution is -2.47. The highest BCUT2D eigenvalue weighted by Gasteiger charge is 2.44. The first-order chi connectivity index (χ1) is 8.60. The monoisotopic (exact) mass is 264 g/mol. The molecule has 3 nitrogen and oxygen atoms in total. The van der Waals surface area contributed by atoms with Crippen LogP contribution in [0.1, 0.15) is 5.56 Å². The molecule has 0 fully saturated rings. The normalized spacial score (nSPS) is 26.8. The highest BCUT2D eigenvalue weighted by atomic mass is 35.5. The molecule has 0 amide bonds. The Morgan fingerprint density at radius 3 is 2.56 bits per heavy atom. The smallest absolute Gasteiger partial charge is 0.341 e. The van der Waals surface area contributed by atoms with Gasteiger partial charge in [-0.1, -0.05) is 42.5 Å². The van der Waals surface area contributed by atoms with E-state index in [0.29, 0.717) is 0 Å². The molecule has 0 aliphatic heterocycles. The van der Waals surface area contributed by atoms with Crippen LogP contribution >= 0.6 is 11.6 Å². The number of hydrogen-bond acceptors (Lipinski definition) is 2. The zero-order valence-corrected chi connectivity index (χ0v) is 10.6. The number of allylic oxidation sites excluding steroid dienone is 2. The molecule has 1 aliphatic carbocycles. The Hall–Kier alpha value is -1.58. The summed E-state index contributed by atoms with van der Waals surface area (Å²) in [5.41, 5.74) is 0.402. The third kappa shape index (κ3) is 2.07. The van der Waals surface area contributed by atoms with Crippen LogP contribution in [0.3, 0.4) is 0 Å². The van der Waals surface area contributed by atoms with Crippen LogP contribution in [0.5, 0.6) is 0 Å². The molecular formula is C14H13ClO3. The van der Waals surface area contributed by atoms with Crippen molar-refractivity contribution < 1.29 is 14.6 Å². The molecule has 0 aromatic heterocycles. The van der Waals surface area contributed by atoms with Crippen molar-refractivity contribution >= 4 is 23.1 Å². The lowest BCUT2D eigenvalue weighted by molar-refractivity contribution is -0.155. The number of alkyl halides is 1. The third-order valence-corrected chi connectivity index (χ3v) is 3.48. The number of carboxylic acid groups (broad SMARTS) is 1. The molecule has 1 aromatic rings. The van der Waals surface area contributed by atoms with Crippen molar-refractivity contribution in [2.45, 2.75) is 11.0 Å². The molecule has 0 heterocycles. The maximum absolute atomic E-state index is 11.3. The van der Waals surface area contributed by atoms with Gasteiger partial charge in [0, 0.05) is 7.11 Å². The van der Waals surface area contributed by atoms with E-state index in [2.05, 4.69) is 0 Å². The molecule has 18 heavy (non-hydrogen) atoms. The van der Waals surface area contributed by atoms with Crippen molar-refractivity contribution in [3.63, 3.8) is 0 Å². The first-order valence-electron chi connectivity index (χ1n) is 5.49. The van der Waals surface area contributed by atoms with E-state index in [1.807, 2.05) is 30.3 Å². The molecule has 1 aromatic carbocycles. The number of benzene rings is 1. The van der Waals surface area contributed by atoms with Gasteiger partial charge in [0.25, 0.3) is 0 Å². The minimum absolute atomic E-state index is 0.750. The molecule has 0 radical (unpaired) electrons. The van der Waals surface area contributed by atoms with Crippen molar-refractivity contribution in [3.8, 4) is 0 Å². The van der Waals surface area contributed by atoms with Crippen LogP contribution in [0.25, 0.3) is 5.57 Å². The summed E-state index contributed by atoms with van der Waals surface area (Å²) >= 11 is 6.15. The maximum atomic E-state index is 11.3. The second-order valence-electron chi connectivity index (χ2n) is 4.03. The highest BCUT2D eigenvalue weighted by molar-refractivity contribution is 6.25. The van der Waals surface area contributed by atoms with E-state index in [1.165, 1.54) is 13.2 Å². The Labute approximate surface area is 110 Å². The van der Waals surface area contributed by atoms with Gasteiger partial charge in [0.05, 0.1) is 5.38 Å². The van der Waals surface area contributed by atoms with E-state index in [0.717, 1.165) is 11.1 Å². The largest absolute Gasteiger partial charge is 0.479 e. The van der Waals surface area contributed by atoms with Gasteiger partial charge in [0.2, 0.25) is 5.60 Å². The number of methoxy groups -OCH3 is 1. The summed E-state index contributed by atoms with van der Waals surface area (Å²) in [6, 6.07) is 9.65. The molecule has 0 saturated heterocycles. The topological polar surface area (TPSA) is 46.5 Å². The van der Waals surface area contributed by atoms with Gasteiger partial charge in [-0.25, -0.2) is 4.79 Å². The van der Waals surface area contributed by atoms with Crippen molar-refractivity contribution in [3.05, 3.63) is 54.1 Å². The molecule has 2 unspecified atom stereocenters. The molecule has 0 saturated carbocycles. The molecule has 1 N–H and O–H groups in total. The first-order valence-corrected chi connectivity index (χ1v) is 5.93. The van der Waals surface area contributed by atoms with Gasteiger partial charge in [-0.2, -0.15) is 0 Å². The number of carbonyl (C=O) groups is 1. The van der Waals surface area contributed by atoms with Crippen molar-refractivity contribution in [1.29, 1.82) is 0 Å². The molecule has 0 spiro atoms. The van der Waals surface area contributed by atoms with Crippen LogP contribution in [0.2, 0.25) is 0 Å². The number of hydrogen-bond donors (Lipinski definition) is 1. The van der Waals surface area contributed by atoms with Gasteiger partial charge in [-0.05, 0) is 17.2 Å². The number of aliphatic carboxylic acids is 1. The van der Waals surface area contributed by atoms with Crippen LogP contribution in [-0.2, 0) is 9.53 Å². The summed E-state index contributed by atoms with van der Waals surface area (Å²) in [5.74, 6) is -1.09. The number of rotatable bonds is 3. The minimum atomic E-state index is -1.49. The van der Waals surface area contributed by atoms with Crippen LogP contribution in [0, 0.1) is 0 Å². The fourth-order valence-electron chi connectivity index (χ4n) is 1.92. The molecule has 1 aliphatic rings. The predicted molar refractivity (Wildman–Crippen MR) is 70.6 cm³/mol. The Morgan fingerprint density at radius 1 is 1.39 bits per heavy atom. The SMILES string of the molecule is COC1(C(=O)O)C=CC(c2ccccc2)=CC1Cl. The Balaban J connectivity index is 2.36. The van der Waals surface area contributed by atoms with Crippen molar-refractivity contribution in [2.24, 2.45) is 0 Å². The molecule has 2 atom stereocenters. The summed E-state index contributed by atoms with van der Waals surface area (Å²) in [6.07, 6.45) is 4.93. The molecule has 4 heteroatoms. The summed E-state index contributed by atoms with van der Waals surface area (Å²) in [5, 5.41) is 8.48. The second kappa shape index (κ2) is 4.96. The fourth-order valence-corrected chi connectivity index (χ4v) is 2.31. The van der Waals surface area contributed by atoms with Gasteiger partial charge < -0.3 is 9.84 Å². The quantitative estimate of drug-likeness (QED) is 0.854. The lowest BCUT2D eigenvalue weighted by atomic mass is 9.89. The minimum Gasteiger partial charge on any atom is -0.479 e. The average molecular weight is 265 g/mol. The van der Waals surface area contributed by atoms with Crippen LogP contribution < -0.4 is 0 Å². The second-order valence-corrected chi connectivity index (χ2v) is 4.50. The molecule has 94 valence electrons. The molecule has 0 bridgehead atoms. The lowest BCUT2D eigenvalue weighted by Gasteiger charge is -2.30. The highest BCUT2D eigenvalue weighted by Crippen LogP contribution is 2.32. The van der Waals surface area contributed by atoms with Gasteiger partial charge in [-0.3, -0.25) is 0 Å². The first kappa shape index (κ1) is 12.9. The summed E-state index contributed by atoms with van der Waals surface area (Å²) in [4.78, 5) is 11.3. The summed E-state index contributed by atoms with van der Waals surface area (Å²) in [7, 11) is 1.34. The number of ether oxygens (including phenoxy) is 1. The summed E-state index contributed by atoms with van der Waals surface area (Å²) < 4.78 is 5.07. The van der Waals surface area contributed by atoms with E-state index in [1.54, 1.807) is 12.2 Å². The Kier molecular flexibility index (Phi) is 3.55. The third-order valence-electron chi connectivity index (χ3n) is 3.03. The Morgan fingerprint density at radius 2 is 2.06 bits per heavy atom. The van der Waals surface area contributed by atoms with Gasteiger partial charge in [-0.15, -0.1) is 11.6 Å². The zero-order chi connectivity index (χ0) is 13.2. The van der Waals surface area contributed by atoms with Crippen molar-refractivity contribution in [1.82, 2.24) is 0 Å². The Bertz CT molecular complexity index is 507. The average Bonchev–Trinajstić information content (AvgIpc) is 2.39. The van der Waals surface area contributed by atoms with Crippen LogP contribution in [0.4, 0.5) is 0 Å². The van der Waals surface area contributed by atoms with Crippen LogP contribution in [0.15, 0.2) is 48.6 Å².